The van der Waals surface area contributed by atoms with E-state index in [2.05, 4.69) is 0 Å². The Kier molecular flexibility index (Phi) is 2.93. The van der Waals surface area contributed by atoms with Crippen LogP contribution < -0.4 is 5.73 Å². The third-order valence-electron chi connectivity index (χ3n) is 3.14. The van der Waals surface area contributed by atoms with Gasteiger partial charge in [-0.25, -0.2) is 13.2 Å². The molecule has 0 bridgehead atoms. The van der Waals surface area contributed by atoms with Crippen LogP contribution in [0.25, 0.3) is 0 Å². The van der Waals surface area contributed by atoms with Gasteiger partial charge in [-0.1, -0.05) is 6.07 Å². The smallest absolute Gasteiger partial charge is 0.143 e. The third-order valence-corrected chi connectivity index (χ3v) is 3.14. The van der Waals surface area contributed by atoms with Crippen molar-refractivity contribution in [2.45, 2.75) is 37.4 Å². The largest absolute Gasteiger partial charge is 0.328 e. The summed E-state index contributed by atoms with van der Waals surface area (Å²) in [5, 5.41) is 0. The molecule has 1 nitrogen and oxygen atoms in total. The van der Waals surface area contributed by atoms with Gasteiger partial charge in [0.1, 0.15) is 17.3 Å². The summed E-state index contributed by atoms with van der Waals surface area (Å²) in [6, 6.07) is 3.08. The number of hydrogen-bond acceptors (Lipinski definition) is 1. The average Bonchev–Trinajstić information content (AvgIpc) is 2.16. The first-order valence-electron chi connectivity index (χ1n) is 5.42. The molecule has 0 heterocycles. The first kappa shape index (κ1) is 11.5. The average molecular weight is 229 g/mol. The second-order valence-corrected chi connectivity index (χ2v) is 4.42. The molecule has 0 amide bonds. The molecule has 16 heavy (non-hydrogen) atoms. The van der Waals surface area contributed by atoms with E-state index in [0.29, 0.717) is 12.8 Å². The standard InChI is InChI=1S/C12H14F3N/c13-9-4-1-5-10(14)11(9)12(15)6-2-3-8(16)7-12/h1,4-5,8H,2-3,6-7,16H2. The SMILES string of the molecule is NC1CCCC(F)(c2c(F)cccc2F)C1. The number of rotatable bonds is 1. The lowest BCUT2D eigenvalue weighted by atomic mass is 9.78. The Bertz CT molecular complexity index is 374. The number of alkyl halides is 1. The fourth-order valence-electron chi connectivity index (χ4n) is 2.42. The minimum atomic E-state index is -1.95. The van der Waals surface area contributed by atoms with Crippen LogP contribution in [0.5, 0.6) is 0 Å². The van der Waals surface area contributed by atoms with Crippen molar-refractivity contribution in [3.05, 3.63) is 35.4 Å². The first-order chi connectivity index (χ1) is 7.53. The molecule has 2 unspecified atom stereocenters. The molecule has 2 N–H and O–H groups in total. The zero-order valence-corrected chi connectivity index (χ0v) is 8.85. The number of benzene rings is 1. The highest BCUT2D eigenvalue weighted by Gasteiger charge is 2.40. The summed E-state index contributed by atoms with van der Waals surface area (Å²) >= 11 is 0. The Labute approximate surface area is 92.5 Å². The maximum absolute atomic E-state index is 14.5. The van der Waals surface area contributed by atoms with Crippen LogP contribution in [0.4, 0.5) is 13.2 Å². The van der Waals surface area contributed by atoms with Crippen molar-refractivity contribution in [3.8, 4) is 0 Å². The van der Waals surface area contributed by atoms with Gasteiger partial charge < -0.3 is 5.73 Å². The number of hydrogen-bond donors (Lipinski definition) is 1. The highest BCUT2D eigenvalue weighted by Crippen LogP contribution is 2.42. The molecule has 2 atom stereocenters. The number of nitrogens with two attached hydrogens (primary N) is 1. The fraction of sp³-hybridized carbons (Fsp3) is 0.500. The van der Waals surface area contributed by atoms with Gasteiger partial charge in [-0.15, -0.1) is 0 Å². The molecule has 1 fully saturated rings. The van der Waals surface area contributed by atoms with Crippen molar-refractivity contribution in [3.63, 3.8) is 0 Å². The second kappa shape index (κ2) is 4.09. The minimum Gasteiger partial charge on any atom is -0.328 e. The van der Waals surface area contributed by atoms with E-state index in [1.54, 1.807) is 0 Å². The predicted octanol–water partition coefficient (Wildman–Crippen LogP) is 3.03. The molecule has 1 aliphatic carbocycles. The number of halogens is 3. The topological polar surface area (TPSA) is 26.0 Å². The summed E-state index contributed by atoms with van der Waals surface area (Å²) in [5.41, 5.74) is 3.26. The van der Waals surface area contributed by atoms with E-state index in [1.807, 2.05) is 0 Å². The molecule has 1 aromatic carbocycles. The molecule has 0 saturated heterocycles. The van der Waals surface area contributed by atoms with Crippen molar-refractivity contribution in [2.24, 2.45) is 5.73 Å². The maximum atomic E-state index is 14.5. The van der Waals surface area contributed by atoms with E-state index in [-0.39, 0.29) is 18.9 Å². The molecule has 1 aromatic rings. The highest BCUT2D eigenvalue weighted by molar-refractivity contribution is 5.27. The summed E-state index contributed by atoms with van der Waals surface area (Å²) in [7, 11) is 0. The molecule has 2 rings (SSSR count). The molecule has 4 heteroatoms. The van der Waals surface area contributed by atoms with Gasteiger partial charge in [0, 0.05) is 12.5 Å². The summed E-state index contributed by atoms with van der Waals surface area (Å²) < 4.78 is 41.5. The first-order valence-corrected chi connectivity index (χ1v) is 5.42. The summed E-state index contributed by atoms with van der Waals surface area (Å²) in [4.78, 5) is 0. The molecule has 1 saturated carbocycles. The van der Waals surface area contributed by atoms with E-state index in [0.717, 1.165) is 12.1 Å². The van der Waals surface area contributed by atoms with Crippen LogP contribution in [0.15, 0.2) is 18.2 Å². The van der Waals surface area contributed by atoms with Crippen LogP contribution in [-0.2, 0) is 5.67 Å². The van der Waals surface area contributed by atoms with Crippen LogP contribution in [0, 0.1) is 11.6 Å². The van der Waals surface area contributed by atoms with Crippen LogP contribution in [0.3, 0.4) is 0 Å². The zero-order chi connectivity index (χ0) is 11.8. The lowest BCUT2D eigenvalue weighted by molar-refractivity contribution is 0.0858. The van der Waals surface area contributed by atoms with Crippen LogP contribution in [0.2, 0.25) is 0 Å². The van der Waals surface area contributed by atoms with Gasteiger partial charge in [0.15, 0.2) is 0 Å². The van der Waals surface area contributed by atoms with Gasteiger partial charge in [-0.05, 0) is 31.4 Å². The van der Waals surface area contributed by atoms with Gasteiger partial charge in [0.25, 0.3) is 0 Å². The highest BCUT2D eigenvalue weighted by atomic mass is 19.2. The monoisotopic (exact) mass is 229 g/mol. The molecule has 88 valence electrons. The Hall–Kier alpha value is -1.03. The van der Waals surface area contributed by atoms with Crippen LogP contribution in [0.1, 0.15) is 31.2 Å². The van der Waals surface area contributed by atoms with Crippen LogP contribution in [-0.4, -0.2) is 6.04 Å². The summed E-state index contributed by atoms with van der Waals surface area (Å²) in [5.74, 6) is -1.65. The summed E-state index contributed by atoms with van der Waals surface area (Å²) in [6.45, 7) is 0. The van der Waals surface area contributed by atoms with Crippen molar-refractivity contribution >= 4 is 0 Å². The maximum Gasteiger partial charge on any atom is 0.143 e. The van der Waals surface area contributed by atoms with E-state index in [4.69, 9.17) is 5.73 Å². The normalized spacial score (nSPS) is 30.4. The lowest BCUT2D eigenvalue weighted by Gasteiger charge is -2.33. The summed E-state index contributed by atoms with van der Waals surface area (Å²) in [6.07, 6.45) is 1.40. The van der Waals surface area contributed by atoms with E-state index < -0.39 is 22.9 Å². The second-order valence-electron chi connectivity index (χ2n) is 4.42. The molecule has 0 aromatic heterocycles. The fourth-order valence-corrected chi connectivity index (χ4v) is 2.42. The molecular weight excluding hydrogens is 215 g/mol. The Balaban J connectivity index is 2.42. The predicted molar refractivity (Wildman–Crippen MR) is 55.6 cm³/mol. The zero-order valence-electron chi connectivity index (χ0n) is 8.85. The van der Waals surface area contributed by atoms with Gasteiger partial charge in [0.05, 0.1) is 5.56 Å². The molecule has 1 aliphatic rings. The van der Waals surface area contributed by atoms with Crippen molar-refractivity contribution in [1.29, 1.82) is 0 Å². The molecule has 0 spiro atoms. The van der Waals surface area contributed by atoms with Crippen LogP contribution >= 0.6 is 0 Å². The van der Waals surface area contributed by atoms with Gasteiger partial charge in [0.2, 0.25) is 0 Å². The van der Waals surface area contributed by atoms with E-state index in [1.165, 1.54) is 6.07 Å². The Morgan fingerprint density at radius 2 is 1.88 bits per heavy atom. The van der Waals surface area contributed by atoms with Gasteiger partial charge in [-0.2, -0.15) is 0 Å². The van der Waals surface area contributed by atoms with Gasteiger partial charge >= 0.3 is 0 Å². The molecular formula is C12H14F3N. The minimum absolute atomic E-state index is 0.00907. The third kappa shape index (κ3) is 1.94. The van der Waals surface area contributed by atoms with Gasteiger partial charge in [-0.3, -0.25) is 0 Å². The van der Waals surface area contributed by atoms with Crippen molar-refractivity contribution in [2.75, 3.05) is 0 Å². The van der Waals surface area contributed by atoms with Crippen molar-refractivity contribution in [1.82, 2.24) is 0 Å². The molecule has 0 aliphatic heterocycles. The quantitative estimate of drug-likeness (QED) is 0.787. The lowest BCUT2D eigenvalue weighted by Crippen LogP contribution is -2.37. The van der Waals surface area contributed by atoms with E-state index in [9.17, 15) is 13.2 Å². The Morgan fingerprint density at radius 3 is 2.44 bits per heavy atom. The Morgan fingerprint density at radius 1 is 1.25 bits per heavy atom. The molecule has 0 radical (unpaired) electrons. The van der Waals surface area contributed by atoms with Crippen molar-refractivity contribution < 1.29 is 13.2 Å². The van der Waals surface area contributed by atoms with E-state index >= 15 is 0 Å².